The summed E-state index contributed by atoms with van der Waals surface area (Å²) >= 11 is 5.84. The van der Waals surface area contributed by atoms with Gasteiger partial charge < -0.3 is 10.8 Å². The van der Waals surface area contributed by atoms with Gasteiger partial charge in [-0.05, 0) is 30.5 Å². The summed E-state index contributed by atoms with van der Waals surface area (Å²) in [6.07, 6.45) is 3.22. The average molecular weight is 266 g/mol. The maximum absolute atomic E-state index is 8.81. The van der Waals surface area contributed by atoms with Gasteiger partial charge in [0.15, 0.2) is 0 Å². The normalized spacial score (nSPS) is 10.8. The highest BCUT2D eigenvalue weighted by Gasteiger charge is 2.07. The van der Waals surface area contributed by atoms with Crippen LogP contribution < -0.4 is 5.73 Å². The first kappa shape index (κ1) is 12.9. The molecule has 0 spiro atoms. The minimum atomic E-state index is 0.168. The second kappa shape index (κ2) is 5.89. The molecule has 4 nitrogen and oxygen atoms in total. The van der Waals surface area contributed by atoms with Gasteiger partial charge in [0.25, 0.3) is 0 Å². The Kier molecular flexibility index (Phi) is 4.23. The molecule has 2 rings (SSSR count). The minimum absolute atomic E-state index is 0.168. The number of halogens is 1. The predicted molar refractivity (Wildman–Crippen MR) is 72.6 cm³/mol. The Morgan fingerprint density at radius 1 is 1.28 bits per heavy atom. The Balaban J connectivity index is 2.09. The second-order valence-corrected chi connectivity index (χ2v) is 4.60. The number of hydrogen-bond donors (Lipinski definition) is 2. The molecule has 96 valence electrons. The number of benzene rings is 1. The average Bonchev–Trinajstić information content (AvgIpc) is 2.71. The third-order valence-electron chi connectivity index (χ3n) is 2.81. The number of aromatic nitrogens is 2. The molecule has 1 aromatic carbocycles. The largest absolute Gasteiger partial charge is 0.396 e. The highest BCUT2D eigenvalue weighted by molar-refractivity contribution is 6.30. The van der Waals surface area contributed by atoms with Crippen molar-refractivity contribution in [1.82, 2.24) is 9.78 Å². The number of aryl methyl sites for hydroxylation is 1. The van der Waals surface area contributed by atoms with Crippen LogP contribution in [0.25, 0.3) is 0 Å². The SMILES string of the molecule is Nc1c(CCCO)cnn1Cc1ccc(Cl)cc1. The molecule has 0 aliphatic carbocycles. The number of nitrogen functional groups attached to an aromatic ring is 1. The molecule has 5 heteroatoms. The minimum Gasteiger partial charge on any atom is -0.396 e. The first-order valence-corrected chi connectivity index (χ1v) is 6.24. The molecule has 0 radical (unpaired) electrons. The number of anilines is 1. The molecule has 2 aromatic rings. The summed E-state index contributed by atoms with van der Waals surface area (Å²) in [5.74, 6) is 0.665. The number of aliphatic hydroxyl groups is 1. The second-order valence-electron chi connectivity index (χ2n) is 4.17. The van der Waals surface area contributed by atoms with Crippen molar-refractivity contribution in [2.45, 2.75) is 19.4 Å². The predicted octanol–water partition coefficient (Wildman–Crippen LogP) is 2.09. The Morgan fingerprint density at radius 3 is 2.67 bits per heavy atom. The molecular weight excluding hydrogens is 250 g/mol. The van der Waals surface area contributed by atoms with Crippen LogP contribution in [0.5, 0.6) is 0 Å². The molecule has 0 fully saturated rings. The number of nitrogens with zero attached hydrogens (tertiary/aromatic N) is 2. The number of rotatable bonds is 5. The van der Waals surface area contributed by atoms with Crippen LogP contribution in [0.3, 0.4) is 0 Å². The van der Waals surface area contributed by atoms with E-state index >= 15 is 0 Å². The van der Waals surface area contributed by atoms with E-state index in [9.17, 15) is 0 Å². The Bertz CT molecular complexity index is 507. The summed E-state index contributed by atoms with van der Waals surface area (Å²) in [7, 11) is 0. The molecule has 0 unspecified atom stereocenters. The van der Waals surface area contributed by atoms with Crippen LogP contribution >= 0.6 is 11.6 Å². The summed E-state index contributed by atoms with van der Waals surface area (Å²) in [6, 6.07) is 7.61. The molecular formula is C13H16ClN3O. The lowest BCUT2D eigenvalue weighted by Gasteiger charge is -2.05. The van der Waals surface area contributed by atoms with Crippen LogP contribution in [0.1, 0.15) is 17.5 Å². The molecule has 0 aliphatic heterocycles. The van der Waals surface area contributed by atoms with Crippen molar-refractivity contribution in [2.75, 3.05) is 12.3 Å². The zero-order valence-corrected chi connectivity index (χ0v) is 10.8. The van der Waals surface area contributed by atoms with E-state index < -0.39 is 0 Å². The summed E-state index contributed by atoms with van der Waals surface area (Å²) in [5, 5.41) is 13.8. The van der Waals surface area contributed by atoms with Gasteiger partial charge in [-0.15, -0.1) is 0 Å². The molecule has 0 saturated heterocycles. The van der Waals surface area contributed by atoms with Gasteiger partial charge >= 0.3 is 0 Å². The number of aliphatic hydroxyl groups excluding tert-OH is 1. The summed E-state index contributed by atoms with van der Waals surface area (Å²) in [4.78, 5) is 0. The van der Waals surface area contributed by atoms with Crippen LogP contribution in [0.15, 0.2) is 30.5 Å². The number of nitrogens with two attached hydrogens (primary N) is 1. The first-order valence-electron chi connectivity index (χ1n) is 5.86. The van der Waals surface area contributed by atoms with Crippen molar-refractivity contribution in [3.8, 4) is 0 Å². The van der Waals surface area contributed by atoms with E-state index in [0.29, 0.717) is 18.8 Å². The third-order valence-corrected chi connectivity index (χ3v) is 3.06. The monoisotopic (exact) mass is 265 g/mol. The van der Waals surface area contributed by atoms with Crippen molar-refractivity contribution >= 4 is 17.4 Å². The highest BCUT2D eigenvalue weighted by Crippen LogP contribution is 2.16. The molecule has 1 aromatic heterocycles. The van der Waals surface area contributed by atoms with Crippen LogP contribution in [-0.4, -0.2) is 21.5 Å². The number of hydrogen-bond acceptors (Lipinski definition) is 3. The molecule has 0 bridgehead atoms. The van der Waals surface area contributed by atoms with Crippen molar-refractivity contribution < 1.29 is 5.11 Å². The molecule has 3 N–H and O–H groups in total. The Labute approximate surface area is 111 Å². The third kappa shape index (κ3) is 3.03. The van der Waals surface area contributed by atoms with E-state index in [-0.39, 0.29) is 6.61 Å². The maximum Gasteiger partial charge on any atom is 0.125 e. The molecule has 0 atom stereocenters. The summed E-state index contributed by atoms with van der Waals surface area (Å²) < 4.78 is 1.76. The van der Waals surface area contributed by atoms with Gasteiger partial charge in [0, 0.05) is 17.2 Å². The lowest BCUT2D eigenvalue weighted by Crippen LogP contribution is -2.06. The molecule has 18 heavy (non-hydrogen) atoms. The van der Waals surface area contributed by atoms with Crippen molar-refractivity contribution in [1.29, 1.82) is 0 Å². The first-order chi connectivity index (χ1) is 8.70. The van der Waals surface area contributed by atoms with Crippen LogP contribution in [0.4, 0.5) is 5.82 Å². The molecule has 0 saturated carbocycles. The quantitative estimate of drug-likeness (QED) is 0.870. The van der Waals surface area contributed by atoms with Gasteiger partial charge in [-0.1, -0.05) is 23.7 Å². The van der Waals surface area contributed by atoms with Crippen molar-refractivity contribution in [3.63, 3.8) is 0 Å². The highest BCUT2D eigenvalue weighted by atomic mass is 35.5. The molecule has 0 aliphatic rings. The van der Waals surface area contributed by atoms with Gasteiger partial charge in [-0.25, -0.2) is 4.68 Å². The van der Waals surface area contributed by atoms with Gasteiger partial charge in [-0.3, -0.25) is 0 Å². The van der Waals surface area contributed by atoms with Crippen LogP contribution in [-0.2, 0) is 13.0 Å². The zero-order valence-electron chi connectivity index (χ0n) is 10.0. The fourth-order valence-corrected chi connectivity index (χ4v) is 1.91. The summed E-state index contributed by atoms with van der Waals surface area (Å²) in [6.45, 7) is 0.796. The lowest BCUT2D eigenvalue weighted by atomic mass is 10.2. The lowest BCUT2D eigenvalue weighted by molar-refractivity contribution is 0.288. The van der Waals surface area contributed by atoms with Crippen molar-refractivity contribution in [3.05, 3.63) is 46.6 Å². The van der Waals surface area contributed by atoms with Crippen LogP contribution in [0.2, 0.25) is 5.02 Å². The topological polar surface area (TPSA) is 64.1 Å². The Morgan fingerprint density at radius 2 is 2.00 bits per heavy atom. The van der Waals surface area contributed by atoms with E-state index in [0.717, 1.165) is 22.6 Å². The fourth-order valence-electron chi connectivity index (χ4n) is 1.78. The summed E-state index contributed by atoms with van der Waals surface area (Å²) in [5.41, 5.74) is 8.10. The van der Waals surface area contributed by atoms with E-state index in [2.05, 4.69) is 5.10 Å². The van der Waals surface area contributed by atoms with Gasteiger partial charge in [0.05, 0.1) is 12.7 Å². The standard InChI is InChI=1S/C13H16ClN3O/c14-12-5-3-10(4-6-12)9-17-13(15)11(8-16-17)2-1-7-18/h3-6,8,18H,1-2,7,9,15H2. The van der Waals surface area contributed by atoms with Gasteiger partial charge in [-0.2, -0.15) is 5.10 Å². The zero-order chi connectivity index (χ0) is 13.0. The van der Waals surface area contributed by atoms with E-state index in [1.807, 2.05) is 24.3 Å². The van der Waals surface area contributed by atoms with Crippen LogP contribution in [0, 0.1) is 0 Å². The van der Waals surface area contributed by atoms with Gasteiger partial charge in [0.1, 0.15) is 5.82 Å². The Hall–Kier alpha value is -1.52. The molecule has 0 amide bonds. The maximum atomic E-state index is 8.81. The van der Waals surface area contributed by atoms with E-state index in [1.165, 1.54) is 0 Å². The van der Waals surface area contributed by atoms with E-state index in [1.54, 1.807) is 10.9 Å². The fraction of sp³-hybridized carbons (Fsp3) is 0.308. The van der Waals surface area contributed by atoms with Gasteiger partial charge in [0.2, 0.25) is 0 Å². The van der Waals surface area contributed by atoms with Crippen molar-refractivity contribution in [2.24, 2.45) is 0 Å². The molecule has 1 heterocycles. The van der Waals surface area contributed by atoms with E-state index in [4.69, 9.17) is 22.4 Å². The smallest absolute Gasteiger partial charge is 0.125 e.